The molecule has 5 nitrogen and oxygen atoms in total. The van der Waals surface area contributed by atoms with Gasteiger partial charge in [-0.05, 0) is 49.2 Å². The van der Waals surface area contributed by atoms with E-state index in [0.717, 1.165) is 24.2 Å². The normalized spacial score (nSPS) is 22.6. The smallest absolute Gasteiger partial charge is 0.169 e. The molecule has 0 spiro atoms. The number of hydrogen-bond donors (Lipinski definition) is 1. The number of ether oxygens (including phenoxy) is 1. The van der Waals surface area contributed by atoms with Crippen LogP contribution in [0.1, 0.15) is 24.8 Å². The molecule has 126 valence electrons. The van der Waals surface area contributed by atoms with Crippen molar-refractivity contribution >= 4 is 27.2 Å². The van der Waals surface area contributed by atoms with Crippen LogP contribution < -0.4 is 10.1 Å². The second-order valence-corrected chi connectivity index (χ2v) is 8.87. The summed E-state index contributed by atoms with van der Waals surface area (Å²) < 4.78 is 28.8. The number of thiocarbonyl (C=S) groups is 1. The highest BCUT2D eigenvalue weighted by molar-refractivity contribution is 7.91. The minimum atomic E-state index is -2.94. The molecule has 1 aliphatic heterocycles. The van der Waals surface area contributed by atoms with Crippen LogP contribution in [-0.4, -0.2) is 49.1 Å². The largest absolute Gasteiger partial charge is 0.497 e. The van der Waals surface area contributed by atoms with Crippen molar-refractivity contribution < 1.29 is 13.2 Å². The molecule has 1 aliphatic carbocycles. The molecular formula is C16H22N2O3S2. The van der Waals surface area contributed by atoms with Crippen molar-refractivity contribution in [2.24, 2.45) is 0 Å². The fraction of sp³-hybridized carbons (Fsp3) is 0.562. The molecule has 1 aromatic carbocycles. The fourth-order valence-electron chi connectivity index (χ4n) is 2.80. The van der Waals surface area contributed by atoms with Crippen molar-refractivity contribution in [3.05, 3.63) is 29.8 Å². The van der Waals surface area contributed by atoms with Crippen LogP contribution >= 0.6 is 12.2 Å². The zero-order chi connectivity index (χ0) is 16.4. The lowest BCUT2D eigenvalue weighted by atomic mass is 10.1. The van der Waals surface area contributed by atoms with Gasteiger partial charge in [0.2, 0.25) is 0 Å². The van der Waals surface area contributed by atoms with Crippen molar-refractivity contribution in [2.45, 2.75) is 37.9 Å². The van der Waals surface area contributed by atoms with Crippen molar-refractivity contribution in [2.75, 3.05) is 18.6 Å². The van der Waals surface area contributed by atoms with Gasteiger partial charge in [-0.25, -0.2) is 8.42 Å². The van der Waals surface area contributed by atoms with E-state index in [2.05, 4.69) is 5.32 Å². The highest BCUT2D eigenvalue weighted by atomic mass is 32.2. The third-order valence-corrected chi connectivity index (χ3v) is 6.43. The zero-order valence-electron chi connectivity index (χ0n) is 13.2. The Labute approximate surface area is 142 Å². The van der Waals surface area contributed by atoms with Gasteiger partial charge in [0.25, 0.3) is 0 Å². The first-order valence-corrected chi connectivity index (χ1v) is 10.1. The molecule has 1 heterocycles. The standard InChI is InChI=1S/C16H22N2O3S2/c1-21-15-6-2-12(3-7-15)10-18(16(22)17-13-4-5-13)14-8-9-23(19,20)11-14/h2-3,6-7,13-14H,4-5,8-11H2,1H3,(H,17,22)/t14-/m1/s1. The number of hydrogen-bond acceptors (Lipinski definition) is 4. The summed E-state index contributed by atoms with van der Waals surface area (Å²) in [7, 11) is -1.30. The minimum absolute atomic E-state index is 0.0409. The predicted octanol–water partition coefficient (Wildman–Crippen LogP) is 1.72. The maximum absolute atomic E-state index is 11.8. The van der Waals surface area contributed by atoms with Crippen molar-refractivity contribution in [1.82, 2.24) is 10.2 Å². The summed E-state index contributed by atoms with van der Waals surface area (Å²) in [5.74, 6) is 1.25. The van der Waals surface area contributed by atoms with E-state index in [0.29, 0.717) is 24.1 Å². The number of nitrogens with one attached hydrogen (secondary N) is 1. The highest BCUT2D eigenvalue weighted by Crippen LogP contribution is 2.24. The topological polar surface area (TPSA) is 58.6 Å². The van der Waals surface area contributed by atoms with Crippen LogP contribution in [0.25, 0.3) is 0 Å². The van der Waals surface area contributed by atoms with Crippen LogP contribution in [0.3, 0.4) is 0 Å². The molecule has 3 rings (SSSR count). The molecule has 23 heavy (non-hydrogen) atoms. The molecule has 0 unspecified atom stereocenters. The summed E-state index contributed by atoms with van der Waals surface area (Å²) in [4.78, 5) is 2.04. The minimum Gasteiger partial charge on any atom is -0.497 e. The third kappa shape index (κ3) is 4.35. The molecule has 2 aliphatic rings. The van der Waals surface area contributed by atoms with Gasteiger partial charge in [-0.3, -0.25) is 0 Å². The quantitative estimate of drug-likeness (QED) is 0.813. The van der Waals surface area contributed by atoms with Gasteiger partial charge in [-0.2, -0.15) is 0 Å². The van der Waals surface area contributed by atoms with E-state index in [1.165, 1.54) is 0 Å². The molecule has 0 radical (unpaired) electrons. The second kappa shape index (κ2) is 6.65. The Bertz CT molecular complexity index is 669. The molecule has 0 bridgehead atoms. The van der Waals surface area contributed by atoms with Crippen LogP contribution in [0.5, 0.6) is 5.75 Å². The van der Waals surface area contributed by atoms with E-state index in [-0.39, 0.29) is 17.5 Å². The van der Waals surface area contributed by atoms with Gasteiger partial charge in [0.05, 0.1) is 18.6 Å². The van der Waals surface area contributed by atoms with Crippen LogP contribution in [0.2, 0.25) is 0 Å². The molecule has 0 aromatic heterocycles. The summed E-state index contributed by atoms with van der Waals surface area (Å²) in [6.45, 7) is 0.614. The van der Waals surface area contributed by atoms with Gasteiger partial charge < -0.3 is 15.0 Å². The molecule has 0 amide bonds. The summed E-state index contributed by atoms with van der Waals surface area (Å²) >= 11 is 5.55. The summed E-state index contributed by atoms with van der Waals surface area (Å²) in [5.41, 5.74) is 1.09. The molecule has 1 aromatic rings. The SMILES string of the molecule is COc1ccc(CN(C(=S)NC2CC2)[C@@H]2CCS(=O)(=O)C2)cc1. The summed E-state index contributed by atoms with van der Waals surface area (Å²) in [5, 5.41) is 4.01. The molecule has 1 atom stereocenters. The predicted molar refractivity (Wildman–Crippen MR) is 94.4 cm³/mol. The van der Waals surface area contributed by atoms with Gasteiger partial charge in [-0.15, -0.1) is 0 Å². The lowest BCUT2D eigenvalue weighted by Gasteiger charge is -2.31. The van der Waals surface area contributed by atoms with Crippen LogP contribution in [0.4, 0.5) is 0 Å². The lowest BCUT2D eigenvalue weighted by Crippen LogP contribution is -2.46. The Kier molecular flexibility index (Phi) is 4.77. The zero-order valence-corrected chi connectivity index (χ0v) is 14.8. The molecule has 1 saturated carbocycles. The van der Waals surface area contributed by atoms with Gasteiger partial charge >= 0.3 is 0 Å². The van der Waals surface area contributed by atoms with E-state index in [4.69, 9.17) is 17.0 Å². The maximum atomic E-state index is 11.8. The van der Waals surface area contributed by atoms with Crippen LogP contribution in [-0.2, 0) is 16.4 Å². The van der Waals surface area contributed by atoms with Gasteiger partial charge in [0.1, 0.15) is 5.75 Å². The van der Waals surface area contributed by atoms with Crippen LogP contribution in [0.15, 0.2) is 24.3 Å². The highest BCUT2D eigenvalue weighted by Gasteiger charge is 2.34. The number of methoxy groups -OCH3 is 1. The Morgan fingerprint density at radius 2 is 2.00 bits per heavy atom. The van der Waals surface area contributed by atoms with E-state index >= 15 is 0 Å². The van der Waals surface area contributed by atoms with E-state index < -0.39 is 9.84 Å². The molecule has 1 saturated heterocycles. The number of sulfone groups is 1. The Balaban J connectivity index is 1.74. The Morgan fingerprint density at radius 1 is 1.30 bits per heavy atom. The van der Waals surface area contributed by atoms with Crippen molar-refractivity contribution in [3.63, 3.8) is 0 Å². The Hall–Kier alpha value is -1.34. The van der Waals surface area contributed by atoms with E-state index in [9.17, 15) is 8.42 Å². The van der Waals surface area contributed by atoms with Crippen molar-refractivity contribution in [3.8, 4) is 5.75 Å². The van der Waals surface area contributed by atoms with E-state index in [1.807, 2.05) is 29.2 Å². The third-order valence-electron chi connectivity index (χ3n) is 4.33. The number of rotatable bonds is 5. The second-order valence-electron chi connectivity index (χ2n) is 6.26. The van der Waals surface area contributed by atoms with Crippen LogP contribution in [0, 0.1) is 0 Å². The number of nitrogens with zero attached hydrogens (tertiary/aromatic N) is 1. The average molecular weight is 354 g/mol. The van der Waals surface area contributed by atoms with Gasteiger partial charge in [0.15, 0.2) is 14.9 Å². The van der Waals surface area contributed by atoms with Crippen molar-refractivity contribution in [1.29, 1.82) is 0 Å². The van der Waals surface area contributed by atoms with Gasteiger partial charge in [-0.1, -0.05) is 12.1 Å². The molecule has 7 heteroatoms. The first-order valence-electron chi connectivity index (χ1n) is 7.87. The maximum Gasteiger partial charge on any atom is 0.169 e. The van der Waals surface area contributed by atoms with Gasteiger partial charge in [0, 0.05) is 18.6 Å². The molecule has 1 N–H and O–H groups in total. The fourth-order valence-corrected chi connectivity index (χ4v) is 4.91. The summed E-state index contributed by atoms with van der Waals surface area (Å²) in [6.07, 6.45) is 2.92. The summed E-state index contributed by atoms with van der Waals surface area (Å²) in [6, 6.07) is 8.23. The first kappa shape index (κ1) is 16.5. The van der Waals surface area contributed by atoms with E-state index in [1.54, 1.807) is 7.11 Å². The molecule has 2 fully saturated rings. The monoisotopic (exact) mass is 354 g/mol. The lowest BCUT2D eigenvalue weighted by molar-refractivity contribution is 0.322. The Morgan fingerprint density at radius 3 is 2.52 bits per heavy atom. The average Bonchev–Trinajstić information content (AvgIpc) is 3.26. The first-order chi connectivity index (χ1) is 11.0. The number of benzene rings is 1. The molecular weight excluding hydrogens is 332 g/mol.